The van der Waals surface area contributed by atoms with Crippen LogP contribution >= 0.6 is 11.8 Å². The maximum absolute atomic E-state index is 13.5. The Morgan fingerprint density at radius 3 is 2.30 bits per heavy atom. The molecule has 0 spiro atoms. The molecule has 0 aromatic heterocycles. The number of ether oxygens (including phenoxy) is 2. The molecule has 0 saturated carbocycles. The maximum atomic E-state index is 13.5. The van der Waals surface area contributed by atoms with E-state index >= 15 is 0 Å². The molecule has 3 aromatic carbocycles. The van der Waals surface area contributed by atoms with E-state index in [-0.39, 0.29) is 4.90 Å². The Morgan fingerprint density at radius 2 is 1.70 bits per heavy atom. The lowest BCUT2D eigenvalue weighted by atomic mass is 10.3. The van der Waals surface area contributed by atoms with Gasteiger partial charge in [0, 0.05) is 16.6 Å². The standard InChI is InChI=1S/C24H26N2O5S2/c1-4-31-20-10-8-19(9-11-20)26(33(28,29)23-14-12-22(32-3)13-15-23)17-24(27)25-18-6-5-7-21(16-18)30-2/h5-16H,4,17H2,1-3H3,(H,25,27). The molecule has 0 fully saturated rings. The summed E-state index contributed by atoms with van der Waals surface area (Å²) in [4.78, 5) is 13.9. The van der Waals surface area contributed by atoms with Crippen molar-refractivity contribution >= 4 is 39.1 Å². The highest BCUT2D eigenvalue weighted by molar-refractivity contribution is 7.98. The van der Waals surface area contributed by atoms with Gasteiger partial charge in [-0.25, -0.2) is 8.42 Å². The summed E-state index contributed by atoms with van der Waals surface area (Å²) in [6.07, 6.45) is 1.92. The number of methoxy groups -OCH3 is 1. The van der Waals surface area contributed by atoms with Gasteiger partial charge in [-0.1, -0.05) is 6.07 Å². The number of rotatable bonds is 10. The fourth-order valence-electron chi connectivity index (χ4n) is 3.10. The van der Waals surface area contributed by atoms with Crippen LogP contribution in [0, 0.1) is 0 Å². The molecule has 0 atom stereocenters. The summed E-state index contributed by atoms with van der Waals surface area (Å²) >= 11 is 1.52. The number of amides is 1. The summed E-state index contributed by atoms with van der Waals surface area (Å²) in [6.45, 7) is 1.95. The van der Waals surface area contributed by atoms with E-state index in [1.807, 2.05) is 13.2 Å². The van der Waals surface area contributed by atoms with Crippen molar-refractivity contribution in [3.63, 3.8) is 0 Å². The molecule has 0 aliphatic carbocycles. The van der Waals surface area contributed by atoms with Crippen LogP contribution in [0.25, 0.3) is 0 Å². The normalized spacial score (nSPS) is 11.0. The minimum atomic E-state index is -4.01. The Kier molecular flexibility index (Phi) is 8.24. The first-order valence-electron chi connectivity index (χ1n) is 10.2. The van der Waals surface area contributed by atoms with Crippen molar-refractivity contribution in [2.45, 2.75) is 16.7 Å². The summed E-state index contributed by atoms with van der Waals surface area (Å²) in [5.41, 5.74) is 0.862. The molecule has 7 nitrogen and oxygen atoms in total. The summed E-state index contributed by atoms with van der Waals surface area (Å²) < 4.78 is 38.8. The zero-order valence-electron chi connectivity index (χ0n) is 18.6. The van der Waals surface area contributed by atoms with Gasteiger partial charge in [-0.15, -0.1) is 11.8 Å². The lowest BCUT2D eigenvalue weighted by Gasteiger charge is -2.24. The molecule has 3 aromatic rings. The lowest BCUT2D eigenvalue weighted by Crippen LogP contribution is -2.38. The largest absolute Gasteiger partial charge is 0.497 e. The first-order chi connectivity index (χ1) is 15.9. The number of nitrogens with one attached hydrogen (secondary N) is 1. The molecule has 9 heteroatoms. The van der Waals surface area contributed by atoms with E-state index in [4.69, 9.17) is 9.47 Å². The third kappa shape index (κ3) is 6.21. The summed E-state index contributed by atoms with van der Waals surface area (Å²) in [6, 6.07) is 20.0. The van der Waals surface area contributed by atoms with E-state index in [0.29, 0.717) is 29.5 Å². The smallest absolute Gasteiger partial charge is 0.264 e. The Morgan fingerprint density at radius 1 is 1.00 bits per heavy atom. The van der Waals surface area contributed by atoms with Gasteiger partial charge in [0.05, 0.1) is 24.3 Å². The number of benzene rings is 3. The van der Waals surface area contributed by atoms with E-state index < -0.39 is 22.5 Å². The molecule has 0 aliphatic heterocycles. The highest BCUT2D eigenvalue weighted by Gasteiger charge is 2.27. The van der Waals surface area contributed by atoms with Crippen molar-refractivity contribution in [3.8, 4) is 11.5 Å². The molecule has 0 heterocycles. The van der Waals surface area contributed by atoms with Gasteiger partial charge in [-0.05, 0) is 73.8 Å². The van der Waals surface area contributed by atoms with E-state index in [2.05, 4.69) is 5.32 Å². The number of carbonyl (C=O) groups excluding carboxylic acids is 1. The monoisotopic (exact) mass is 486 g/mol. The summed E-state index contributed by atoms with van der Waals surface area (Å²) in [5.74, 6) is 0.711. The van der Waals surface area contributed by atoms with Crippen LogP contribution in [0.15, 0.2) is 82.6 Å². The highest BCUT2D eigenvalue weighted by Crippen LogP contribution is 2.27. The van der Waals surface area contributed by atoms with Crippen molar-refractivity contribution in [3.05, 3.63) is 72.8 Å². The van der Waals surface area contributed by atoms with Crippen LogP contribution in [-0.4, -0.2) is 40.8 Å². The fourth-order valence-corrected chi connectivity index (χ4v) is 4.93. The molecule has 1 amide bonds. The van der Waals surface area contributed by atoms with E-state index in [1.165, 1.54) is 18.9 Å². The van der Waals surface area contributed by atoms with Crippen LogP contribution in [-0.2, 0) is 14.8 Å². The van der Waals surface area contributed by atoms with Gasteiger partial charge in [0.25, 0.3) is 10.0 Å². The molecule has 0 unspecified atom stereocenters. The SMILES string of the molecule is CCOc1ccc(N(CC(=O)Nc2cccc(OC)c2)S(=O)(=O)c2ccc(SC)cc2)cc1. The number of carbonyl (C=O) groups is 1. The number of anilines is 2. The Balaban J connectivity index is 1.92. The molecular weight excluding hydrogens is 460 g/mol. The number of thioether (sulfide) groups is 1. The van der Waals surface area contributed by atoms with Crippen LogP contribution < -0.4 is 19.1 Å². The predicted molar refractivity (Wildman–Crippen MR) is 132 cm³/mol. The number of hydrogen-bond donors (Lipinski definition) is 1. The minimum Gasteiger partial charge on any atom is -0.497 e. The topological polar surface area (TPSA) is 84.9 Å². The van der Waals surface area contributed by atoms with Crippen molar-refractivity contribution in [1.82, 2.24) is 0 Å². The van der Waals surface area contributed by atoms with Gasteiger partial charge in [0.15, 0.2) is 0 Å². The molecule has 0 saturated heterocycles. The van der Waals surface area contributed by atoms with Crippen molar-refractivity contribution < 1.29 is 22.7 Å². The molecule has 3 rings (SSSR count). The molecule has 0 aliphatic rings. The second-order valence-electron chi connectivity index (χ2n) is 6.89. The van der Waals surface area contributed by atoms with Crippen LogP contribution in [0.5, 0.6) is 11.5 Å². The van der Waals surface area contributed by atoms with Crippen molar-refractivity contribution in [1.29, 1.82) is 0 Å². The van der Waals surface area contributed by atoms with Gasteiger partial charge >= 0.3 is 0 Å². The van der Waals surface area contributed by atoms with Gasteiger partial charge in [0.2, 0.25) is 5.91 Å². The minimum absolute atomic E-state index is 0.100. The van der Waals surface area contributed by atoms with E-state index in [1.54, 1.807) is 72.8 Å². The van der Waals surface area contributed by atoms with Gasteiger partial charge in [-0.2, -0.15) is 0 Å². The van der Waals surface area contributed by atoms with Crippen molar-refractivity contribution in [2.75, 3.05) is 36.1 Å². The Bertz CT molecular complexity index is 1180. The number of hydrogen-bond acceptors (Lipinski definition) is 6. The van der Waals surface area contributed by atoms with Crippen LogP contribution in [0.1, 0.15) is 6.92 Å². The molecule has 33 heavy (non-hydrogen) atoms. The second-order valence-corrected chi connectivity index (χ2v) is 9.64. The average molecular weight is 487 g/mol. The van der Waals surface area contributed by atoms with Crippen molar-refractivity contribution in [2.24, 2.45) is 0 Å². The Labute approximate surface area is 198 Å². The first-order valence-corrected chi connectivity index (χ1v) is 12.9. The molecule has 1 N–H and O–H groups in total. The zero-order chi connectivity index (χ0) is 23.8. The molecule has 174 valence electrons. The highest BCUT2D eigenvalue weighted by atomic mass is 32.2. The molecule has 0 radical (unpaired) electrons. The molecular formula is C24H26N2O5S2. The van der Waals surface area contributed by atoms with Gasteiger partial charge in [-0.3, -0.25) is 9.10 Å². The summed E-state index contributed by atoms with van der Waals surface area (Å²) in [5, 5.41) is 2.74. The zero-order valence-corrected chi connectivity index (χ0v) is 20.3. The lowest BCUT2D eigenvalue weighted by molar-refractivity contribution is -0.114. The number of sulfonamides is 1. The fraction of sp³-hybridized carbons (Fsp3) is 0.208. The Hall–Kier alpha value is -3.17. The van der Waals surface area contributed by atoms with Gasteiger partial charge in [0.1, 0.15) is 18.0 Å². The summed E-state index contributed by atoms with van der Waals surface area (Å²) in [7, 11) is -2.48. The number of nitrogens with zero attached hydrogens (tertiary/aromatic N) is 1. The first kappa shape index (κ1) is 24.5. The van der Waals surface area contributed by atoms with Crippen LogP contribution in [0.3, 0.4) is 0 Å². The average Bonchev–Trinajstić information content (AvgIpc) is 2.83. The van der Waals surface area contributed by atoms with Gasteiger partial charge < -0.3 is 14.8 Å². The predicted octanol–water partition coefficient (Wildman–Crippen LogP) is 4.65. The quantitative estimate of drug-likeness (QED) is 0.420. The third-order valence-corrected chi connectivity index (χ3v) is 7.26. The maximum Gasteiger partial charge on any atom is 0.264 e. The van der Waals surface area contributed by atoms with E-state index in [9.17, 15) is 13.2 Å². The van der Waals surface area contributed by atoms with Crippen LogP contribution in [0.4, 0.5) is 11.4 Å². The second kappa shape index (κ2) is 11.1. The van der Waals surface area contributed by atoms with Crippen LogP contribution in [0.2, 0.25) is 0 Å². The molecule has 0 bridgehead atoms. The van der Waals surface area contributed by atoms with E-state index in [0.717, 1.165) is 9.20 Å². The third-order valence-electron chi connectivity index (χ3n) is 4.72.